The van der Waals surface area contributed by atoms with Crippen LogP contribution in [0.15, 0.2) is 30.3 Å². The van der Waals surface area contributed by atoms with Crippen molar-refractivity contribution in [3.8, 4) is 16.3 Å². The lowest BCUT2D eigenvalue weighted by Crippen LogP contribution is -2.04. The highest BCUT2D eigenvalue weighted by Crippen LogP contribution is 2.39. The number of fused-ring (bicyclic) bond motifs is 1. The molecule has 0 bridgehead atoms. The van der Waals surface area contributed by atoms with Crippen molar-refractivity contribution in [3.63, 3.8) is 0 Å². The highest BCUT2D eigenvalue weighted by Gasteiger charge is 2.25. The molecule has 3 nitrogen and oxygen atoms in total. The topological polar surface area (TPSA) is 29.9 Å². The second-order valence-electron chi connectivity index (χ2n) is 5.25. The predicted molar refractivity (Wildman–Crippen MR) is 93.8 cm³/mol. The van der Waals surface area contributed by atoms with Crippen molar-refractivity contribution in [3.05, 3.63) is 50.8 Å². The van der Waals surface area contributed by atoms with Gasteiger partial charge in [0, 0.05) is 17.0 Å². The van der Waals surface area contributed by atoms with Crippen LogP contribution in [0.2, 0.25) is 10.0 Å². The minimum atomic E-state index is 0.525. The summed E-state index contributed by atoms with van der Waals surface area (Å²) in [5.74, 6) is 1.02. The summed E-state index contributed by atoms with van der Waals surface area (Å²) in [5, 5.41) is 9.29. The lowest BCUT2D eigenvalue weighted by Gasteiger charge is -2.09. The smallest absolute Gasteiger partial charge is 0.133 e. The number of nitrogens with one attached hydrogen (secondary N) is 1. The third-order valence-corrected chi connectivity index (χ3v) is 5.60. The number of thiophene rings is 1. The number of hydrogen-bond donors (Lipinski definition) is 1. The molecule has 0 amide bonds. The molecular formula is C16H13Cl2N3S. The fraction of sp³-hybridized carbons (Fsp3) is 0.188. The van der Waals surface area contributed by atoms with E-state index < -0.39 is 0 Å². The number of hydrogen-bond acceptors (Lipinski definition) is 3. The van der Waals surface area contributed by atoms with Gasteiger partial charge in [-0.05, 0) is 37.6 Å². The van der Waals surface area contributed by atoms with Gasteiger partial charge in [-0.3, -0.25) is 0 Å². The molecule has 6 heteroatoms. The fourth-order valence-electron chi connectivity index (χ4n) is 2.76. The average molecular weight is 350 g/mol. The number of benzene rings is 1. The monoisotopic (exact) mass is 349 g/mol. The molecule has 0 unspecified atom stereocenters. The van der Waals surface area contributed by atoms with Gasteiger partial charge in [0.15, 0.2) is 0 Å². The molecule has 1 aliphatic rings. The SMILES string of the molecule is Cc1ccc(-c2nn(-c3cccc(Cl)c3Cl)c3c2CCN3)s1. The van der Waals surface area contributed by atoms with E-state index in [4.69, 9.17) is 28.3 Å². The van der Waals surface area contributed by atoms with Crippen LogP contribution < -0.4 is 5.32 Å². The fourth-order valence-corrected chi connectivity index (χ4v) is 4.02. The molecule has 4 rings (SSSR count). The van der Waals surface area contributed by atoms with Gasteiger partial charge in [-0.2, -0.15) is 5.10 Å². The van der Waals surface area contributed by atoms with E-state index in [9.17, 15) is 0 Å². The lowest BCUT2D eigenvalue weighted by molar-refractivity contribution is 0.884. The van der Waals surface area contributed by atoms with E-state index in [-0.39, 0.29) is 0 Å². The molecule has 0 radical (unpaired) electrons. The maximum absolute atomic E-state index is 6.37. The lowest BCUT2D eigenvalue weighted by atomic mass is 10.2. The Morgan fingerprint density at radius 2 is 2.09 bits per heavy atom. The Morgan fingerprint density at radius 1 is 1.23 bits per heavy atom. The minimum absolute atomic E-state index is 0.525. The number of aryl methyl sites for hydroxylation is 1. The van der Waals surface area contributed by atoms with Crippen LogP contribution >= 0.6 is 34.5 Å². The first kappa shape index (κ1) is 14.1. The van der Waals surface area contributed by atoms with E-state index in [1.54, 1.807) is 17.4 Å². The molecule has 0 saturated heterocycles. The summed E-state index contributed by atoms with van der Waals surface area (Å²) in [4.78, 5) is 2.47. The average Bonchev–Trinajstić information content (AvgIpc) is 3.18. The quantitative estimate of drug-likeness (QED) is 0.690. The molecule has 3 aromatic rings. The van der Waals surface area contributed by atoms with Crippen LogP contribution in [0, 0.1) is 6.92 Å². The second kappa shape index (κ2) is 5.30. The predicted octanol–water partition coefficient (Wildman–Crippen LogP) is 5.18. The molecule has 1 aliphatic heterocycles. The van der Waals surface area contributed by atoms with Gasteiger partial charge < -0.3 is 5.32 Å². The van der Waals surface area contributed by atoms with Crippen molar-refractivity contribution in [2.75, 3.05) is 11.9 Å². The summed E-state index contributed by atoms with van der Waals surface area (Å²) in [6, 6.07) is 9.87. The Labute approximate surface area is 142 Å². The van der Waals surface area contributed by atoms with Crippen LogP contribution in [-0.4, -0.2) is 16.3 Å². The normalized spacial score (nSPS) is 13.2. The Balaban J connectivity index is 1.93. The molecule has 112 valence electrons. The number of rotatable bonds is 2. The highest BCUT2D eigenvalue weighted by atomic mass is 35.5. The zero-order chi connectivity index (χ0) is 15.3. The van der Waals surface area contributed by atoms with Gasteiger partial charge >= 0.3 is 0 Å². The number of anilines is 1. The summed E-state index contributed by atoms with van der Waals surface area (Å²) in [6.07, 6.45) is 0.972. The summed E-state index contributed by atoms with van der Waals surface area (Å²) in [5.41, 5.74) is 3.09. The van der Waals surface area contributed by atoms with Gasteiger partial charge in [0.05, 0.1) is 20.6 Å². The number of halogens is 2. The molecule has 1 N–H and O–H groups in total. The summed E-state index contributed by atoms with van der Waals surface area (Å²) >= 11 is 14.3. The van der Waals surface area contributed by atoms with Crippen LogP contribution in [0.25, 0.3) is 16.3 Å². The molecule has 0 aliphatic carbocycles. The molecule has 0 atom stereocenters. The molecule has 0 fully saturated rings. The first-order valence-electron chi connectivity index (χ1n) is 7.02. The Morgan fingerprint density at radius 3 is 2.86 bits per heavy atom. The van der Waals surface area contributed by atoms with Gasteiger partial charge in [-0.1, -0.05) is 29.3 Å². The highest BCUT2D eigenvalue weighted by molar-refractivity contribution is 7.15. The zero-order valence-electron chi connectivity index (χ0n) is 11.9. The summed E-state index contributed by atoms with van der Waals surface area (Å²) in [6.45, 7) is 3.03. The van der Waals surface area contributed by atoms with Crippen LogP contribution in [0.5, 0.6) is 0 Å². The zero-order valence-corrected chi connectivity index (χ0v) is 14.2. The van der Waals surface area contributed by atoms with Crippen molar-refractivity contribution >= 4 is 40.4 Å². The first-order chi connectivity index (χ1) is 10.6. The largest absolute Gasteiger partial charge is 0.369 e. The van der Waals surface area contributed by atoms with E-state index in [1.807, 2.05) is 16.8 Å². The minimum Gasteiger partial charge on any atom is -0.369 e. The molecule has 2 aromatic heterocycles. The number of aromatic nitrogens is 2. The molecular weight excluding hydrogens is 337 g/mol. The third-order valence-electron chi connectivity index (χ3n) is 3.78. The standard InChI is InChI=1S/C16H13Cl2N3S/c1-9-5-6-13(22-9)15-10-7-8-19-16(10)21(20-15)12-4-2-3-11(17)14(12)18/h2-6,19H,7-8H2,1H3. The van der Waals surface area contributed by atoms with Gasteiger partial charge in [0.2, 0.25) is 0 Å². The van der Waals surface area contributed by atoms with Crippen molar-refractivity contribution < 1.29 is 0 Å². The van der Waals surface area contributed by atoms with Crippen molar-refractivity contribution in [1.82, 2.24) is 9.78 Å². The van der Waals surface area contributed by atoms with Crippen LogP contribution in [0.1, 0.15) is 10.4 Å². The van der Waals surface area contributed by atoms with E-state index in [0.717, 1.165) is 30.2 Å². The van der Waals surface area contributed by atoms with Crippen LogP contribution in [-0.2, 0) is 6.42 Å². The third kappa shape index (κ3) is 2.14. The maximum atomic E-state index is 6.37. The Hall–Kier alpha value is -1.49. The molecule has 1 aromatic carbocycles. The molecule has 22 heavy (non-hydrogen) atoms. The van der Waals surface area contributed by atoms with E-state index >= 15 is 0 Å². The van der Waals surface area contributed by atoms with Gasteiger partial charge in [-0.25, -0.2) is 4.68 Å². The van der Waals surface area contributed by atoms with Gasteiger partial charge in [0.25, 0.3) is 0 Å². The van der Waals surface area contributed by atoms with Crippen molar-refractivity contribution in [2.24, 2.45) is 0 Å². The molecule has 0 saturated carbocycles. The van der Waals surface area contributed by atoms with E-state index in [2.05, 4.69) is 24.4 Å². The van der Waals surface area contributed by atoms with Gasteiger partial charge in [-0.15, -0.1) is 11.3 Å². The summed E-state index contributed by atoms with van der Waals surface area (Å²) < 4.78 is 1.88. The van der Waals surface area contributed by atoms with Crippen LogP contribution in [0.4, 0.5) is 5.82 Å². The van der Waals surface area contributed by atoms with Crippen molar-refractivity contribution in [1.29, 1.82) is 0 Å². The van der Waals surface area contributed by atoms with Crippen LogP contribution in [0.3, 0.4) is 0 Å². The Kier molecular flexibility index (Phi) is 3.40. The molecule has 0 spiro atoms. The molecule has 3 heterocycles. The van der Waals surface area contributed by atoms with Crippen molar-refractivity contribution in [2.45, 2.75) is 13.3 Å². The summed E-state index contributed by atoms with van der Waals surface area (Å²) in [7, 11) is 0. The van der Waals surface area contributed by atoms with E-state index in [1.165, 1.54) is 15.3 Å². The van der Waals surface area contributed by atoms with E-state index in [0.29, 0.717) is 10.0 Å². The number of nitrogens with zero attached hydrogens (tertiary/aromatic N) is 2. The maximum Gasteiger partial charge on any atom is 0.133 e. The second-order valence-corrected chi connectivity index (χ2v) is 7.32. The Bertz CT molecular complexity index is 866. The first-order valence-corrected chi connectivity index (χ1v) is 8.59. The van der Waals surface area contributed by atoms with Gasteiger partial charge in [0.1, 0.15) is 11.5 Å².